The van der Waals surface area contributed by atoms with E-state index in [4.69, 9.17) is 21.6 Å². The van der Waals surface area contributed by atoms with Crippen LogP contribution in [0.5, 0.6) is 0 Å². The van der Waals surface area contributed by atoms with Crippen LogP contribution in [0.3, 0.4) is 0 Å². The molecule has 2 aliphatic rings. The van der Waals surface area contributed by atoms with E-state index >= 15 is 0 Å². The third kappa shape index (κ3) is 4.94. The van der Waals surface area contributed by atoms with Gasteiger partial charge in [0, 0.05) is 13.0 Å². The number of hydrogen-bond donors (Lipinski definition) is 1. The normalized spacial score (nSPS) is 24.0. The topological polar surface area (TPSA) is 99.5 Å². The number of nitriles is 1. The fourth-order valence-corrected chi connectivity index (χ4v) is 5.40. The van der Waals surface area contributed by atoms with E-state index in [9.17, 15) is 26.4 Å². The summed E-state index contributed by atoms with van der Waals surface area (Å²) in [5, 5.41) is 10.0. The fourth-order valence-electron chi connectivity index (χ4n) is 3.16. The molecular formula is C17H17ClF3N3O4S. The van der Waals surface area contributed by atoms with E-state index in [0.717, 1.165) is 4.90 Å². The van der Waals surface area contributed by atoms with Gasteiger partial charge in [0.2, 0.25) is 0 Å². The molecular weight excluding hydrogens is 435 g/mol. The van der Waals surface area contributed by atoms with Crippen LogP contribution in [0.4, 0.5) is 18.0 Å². The second-order valence-corrected chi connectivity index (χ2v) is 9.66. The first kappa shape index (κ1) is 21.7. The van der Waals surface area contributed by atoms with E-state index in [0.29, 0.717) is 12.8 Å². The van der Waals surface area contributed by atoms with Gasteiger partial charge in [0.05, 0.1) is 27.8 Å². The monoisotopic (exact) mass is 451 g/mol. The van der Waals surface area contributed by atoms with E-state index < -0.39 is 52.2 Å². The van der Waals surface area contributed by atoms with Crippen LogP contribution in [0.2, 0.25) is 5.02 Å². The van der Waals surface area contributed by atoms with Crippen molar-refractivity contribution in [3.05, 3.63) is 29.3 Å². The van der Waals surface area contributed by atoms with Gasteiger partial charge in [0.25, 0.3) is 0 Å². The van der Waals surface area contributed by atoms with Crippen LogP contribution in [-0.4, -0.2) is 55.7 Å². The molecule has 7 nitrogen and oxygen atoms in total. The number of rotatable bonds is 5. The van der Waals surface area contributed by atoms with E-state index in [1.165, 1.54) is 24.3 Å². The Bertz CT molecular complexity index is 944. The standard InChI is InChI=1S/C17H17ClF3N3O4S/c18-12-3-1-2-4-13(12)29(26,27)11-7-14(24(8-11)10-17(19,20)21)28-15(25)23-16(9-22)5-6-16/h1-4,11,14H,5-8,10H2,(H,23,25)/t11-,14+/m1/s1. The first-order valence-electron chi connectivity index (χ1n) is 8.65. The number of nitrogens with zero attached hydrogens (tertiary/aromatic N) is 2. The van der Waals surface area contributed by atoms with Gasteiger partial charge in [-0.05, 0) is 25.0 Å². The number of ether oxygens (including phenoxy) is 1. The van der Waals surface area contributed by atoms with Gasteiger partial charge in [-0.25, -0.2) is 13.2 Å². The number of nitrogens with one attached hydrogen (secondary N) is 1. The Morgan fingerprint density at radius 3 is 2.59 bits per heavy atom. The summed E-state index contributed by atoms with van der Waals surface area (Å²) in [6.45, 7) is -1.92. The molecule has 1 saturated carbocycles. The Morgan fingerprint density at radius 1 is 1.38 bits per heavy atom. The second-order valence-electron chi connectivity index (χ2n) is 7.06. The van der Waals surface area contributed by atoms with Crippen molar-refractivity contribution in [3.8, 4) is 6.07 Å². The Hall–Kier alpha value is -2.03. The maximum Gasteiger partial charge on any atom is 0.409 e. The van der Waals surface area contributed by atoms with Gasteiger partial charge in [-0.15, -0.1) is 0 Å². The van der Waals surface area contributed by atoms with Gasteiger partial charge < -0.3 is 10.1 Å². The van der Waals surface area contributed by atoms with Crippen LogP contribution >= 0.6 is 11.6 Å². The van der Waals surface area contributed by atoms with Crippen LogP contribution in [0.15, 0.2) is 29.2 Å². The van der Waals surface area contributed by atoms with E-state index in [1.807, 2.05) is 6.07 Å². The summed E-state index contributed by atoms with van der Waals surface area (Å²) in [6.07, 6.45) is -6.61. The smallest absolute Gasteiger partial charge is 0.409 e. The number of hydrogen-bond acceptors (Lipinski definition) is 6. The van der Waals surface area contributed by atoms with Crippen LogP contribution < -0.4 is 5.32 Å². The van der Waals surface area contributed by atoms with Crippen molar-refractivity contribution in [1.82, 2.24) is 10.2 Å². The molecule has 158 valence electrons. The number of alkyl halides is 3. The van der Waals surface area contributed by atoms with Crippen molar-refractivity contribution < 1.29 is 31.1 Å². The molecule has 1 aliphatic carbocycles. The third-order valence-electron chi connectivity index (χ3n) is 4.82. The molecule has 1 amide bonds. The molecule has 2 atom stereocenters. The zero-order valence-electron chi connectivity index (χ0n) is 14.9. The highest BCUT2D eigenvalue weighted by Crippen LogP contribution is 2.36. The summed E-state index contributed by atoms with van der Waals surface area (Å²) in [6, 6.07) is 7.54. The van der Waals surface area contributed by atoms with Gasteiger partial charge >= 0.3 is 12.3 Å². The summed E-state index contributed by atoms with van der Waals surface area (Å²) in [7, 11) is -4.06. The van der Waals surface area contributed by atoms with Gasteiger partial charge in [-0.2, -0.15) is 18.4 Å². The summed E-state index contributed by atoms with van der Waals surface area (Å²) in [4.78, 5) is 12.6. The lowest BCUT2D eigenvalue weighted by Gasteiger charge is -2.25. The highest BCUT2D eigenvalue weighted by atomic mass is 35.5. The van der Waals surface area contributed by atoms with Crippen molar-refractivity contribution in [2.45, 2.75) is 47.4 Å². The number of benzene rings is 1. The second kappa shape index (κ2) is 7.66. The zero-order valence-corrected chi connectivity index (χ0v) is 16.5. The number of alkyl carbamates (subject to hydrolysis) is 1. The van der Waals surface area contributed by atoms with Crippen LogP contribution in [0.25, 0.3) is 0 Å². The molecule has 1 aromatic carbocycles. The Kier molecular flexibility index (Phi) is 5.73. The summed E-state index contributed by atoms with van der Waals surface area (Å²) in [5.74, 6) is 0. The van der Waals surface area contributed by atoms with Gasteiger partial charge in [-0.3, -0.25) is 4.90 Å². The highest BCUT2D eigenvalue weighted by Gasteiger charge is 2.48. The molecule has 0 aromatic heterocycles. The third-order valence-corrected chi connectivity index (χ3v) is 7.45. The molecule has 2 fully saturated rings. The molecule has 1 heterocycles. The minimum atomic E-state index is -4.62. The van der Waals surface area contributed by atoms with E-state index in [-0.39, 0.29) is 16.3 Å². The van der Waals surface area contributed by atoms with E-state index in [2.05, 4.69) is 5.32 Å². The molecule has 29 heavy (non-hydrogen) atoms. The summed E-state index contributed by atoms with van der Waals surface area (Å²) < 4.78 is 69.7. The van der Waals surface area contributed by atoms with Crippen LogP contribution in [-0.2, 0) is 14.6 Å². The SMILES string of the molecule is N#CC1(NC(=O)O[C@H]2C[C@@H](S(=O)(=O)c3ccccc3Cl)CN2CC(F)(F)F)CC1. The zero-order chi connectivity index (χ0) is 21.4. The Labute approximate surface area is 170 Å². The minimum Gasteiger partial charge on any atom is -0.430 e. The molecule has 0 unspecified atom stereocenters. The maximum absolute atomic E-state index is 13.0. The number of carbonyl (C=O) groups excluding carboxylic acids is 1. The first-order chi connectivity index (χ1) is 13.5. The van der Waals surface area contributed by atoms with Crippen LogP contribution in [0.1, 0.15) is 19.3 Å². The average molecular weight is 452 g/mol. The lowest BCUT2D eigenvalue weighted by molar-refractivity contribution is -0.159. The molecule has 0 radical (unpaired) electrons. The molecule has 3 rings (SSSR count). The highest BCUT2D eigenvalue weighted by molar-refractivity contribution is 7.92. The Balaban J connectivity index is 1.79. The largest absolute Gasteiger partial charge is 0.430 e. The number of sulfone groups is 1. The minimum absolute atomic E-state index is 0.0401. The quantitative estimate of drug-likeness (QED) is 0.739. The molecule has 1 aliphatic heterocycles. The fraction of sp³-hybridized carbons (Fsp3) is 0.529. The van der Waals surface area contributed by atoms with Gasteiger partial charge in [0.1, 0.15) is 5.54 Å². The predicted octanol–water partition coefficient (Wildman–Crippen LogP) is 2.86. The number of likely N-dealkylation sites (tertiary alicyclic amines) is 1. The summed E-state index contributed by atoms with van der Waals surface area (Å²) in [5.41, 5.74) is -1.06. The van der Waals surface area contributed by atoms with Gasteiger partial charge in [-0.1, -0.05) is 23.7 Å². The maximum atomic E-state index is 13.0. The van der Waals surface area contributed by atoms with Crippen molar-refractivity contribution in [3.63, 3.8) is 0 Å². The van der Waals surface area contributed by atoms with E-state index in [1.54, 1.807) is 0 Å². The first-order valence-corrected chi connectivity index (χ1v) is 10.6. The summed E-state index contributed by atoms with van der Waals surface area (Å²) >= 11 is 5.95. The lowest BCUT2D eigenvalue weighted by atomic mass is 10.3. The number of amides is 1. The van der Waals surface area contributed by atoms with Crippen LogP contribution in [0, 0.1) is 11.3 Å². The predicted molar refractivity (Wildman–Crippen MR) is 95.7 cm³/mol. The Morgan fingerprint density at radius 2 is 2.03 bits per heavy atom. The molecule has 1 N–H and O–H groups in total. The number of halogens is 4. The molecule has 1 saturated heterocycles. The molecule has 1 aromatic rings. The average Bonchev–Trinajstić information content (AvgIpc) is 3.28. The lowest BCUT2D eigenvalue weighted by Crippen LogP contribution is -2.44. The van der Waals surface area contributed by atoms with Crippen molar-refractivity contribution in [2.75, 3.05) is 13.1 Å². The van der Waals surface area contributed by atoms with Gasteiger partial charge in [0.15, 0.2) is 16.1 Å². The number of carbonyl (C=O) groups is 1. The molecule has 0 spiro atoms. The van der Waals surface area contributed by atoms with Crippen molar-refractivity contribution >= 4 is 27.5 Å². The van der Waals surface area contributed by atoms with Crippen molar-refractivity contribution in [2.24, 2.45) is 0 Å². The molecule has 12 heteroatoms. The van der Waals surface area contributed by atoms with Crippen molar-refractivity contribution in [1.29, 1.82) is 5.26 Å². The molecule has 0 bridgehead atoms.